The van der Waals surface area contributed by atoms with Gasteiger partial charge in [-0.2, -0.15) is 0 Å². The zero-order valence-electron chi connectivity index (χ0n) is 12.4. The van der Waals surface area contributed by atoms with Crippen LogP contribution < -0.4 is 0 Å². The lowest BCUT2D eigenvalue weighted by Crippen LogP contribution is -2.47. The largest absolute Gasteiger partial charge is 0.396 e. The summed E-state index contributed by atoms with van der Waals surface area (Å²) in [5, 5.41) is 9.20. The van der Waals surface area contributed by atoms with E-state index in [1.54, 1.807) is 0 Å². The Bertz CT molecular complexity index is 287. The topological polar surface area (TPSA) is 47.9 Å². The highest BCUT2D eigenvalue weighted by atomic mass is 16.5. The van der Waals surface area contributed by atoms with E-state index < -0.39 is 0 Å². The molecule has 0 radical (unpaired) electrons. The lowest BCUT2D eigenvalue weighted by Gasteiger charge is -2.44. The first-order chi connectivity index (χ1) is 9.80. The number of aliphatic hydroxyl groups is 1. The van der Waals surface area contributed by atoms with Crippen molar-refractivity contribution in [3.63, 3.8) is 0 Å². The van der Waals surface area contributed by atoms with Crippen molar-refractivity contribution in [3.05, 3.63) is 0 Å². The molecule has 0 aromatic rings. The fourth-order valence-electron chi connectivity index (χ4n) is 3.91. The number of rotatable bonds is 3. The van der Waals surface area contributed by atoms with Gasteiger partial charge in [0.1, 0.15) is 0 Å². The molecule has 4 heteroatoms. The summed E-state index contributed by atoms with van der Waals surface area (Å²) in [6, 6.07) is 0. The summed E-state index contributed by atoms with van der Waals surface area (Å²) in [5.74, 6) is 0.506. The van der Waals surface area contributed by atoms with Crippen LogP contribution in [0.4, 0.5) is 0 Å². The van der Waals surface area contributed by atoms with Crippen LogP contribution in [0.5, 0.6) is 0 Å². The maximum absolute atomic E-state index is 9.20. The lowest BCUT2D eigenvalue weighted by atomic mass is 9.84. The van der Waals surface area contributed by atoms with Gasteiger partial charge in [-0.3, -0.25) is 0 Å². The number of ether oxygens (including phenoxy) is 3. The predicted octanol–water partition coefficient (Wildman–Crippen LogP) is 2.28. The van der Waals surface area contributed by atoms with E-state index in [9.17, 15) is 5.11 Å². The molecule has 2 saturated heterocycles. The molecule has 1 unspecified atom stereocenters. The average molecular weight is 284 g/mol. The molecule has 2 aliphatic heterocycles. The van der Waals surface area contributed by atoms with Crippen molar-refractivity contribution in [2.75, 3.05) is 26.4 Å². The molecule has 1 spiro atoms. The van der Waals surface area contributed by atoms with E-state index in [1.807, 2.05) is 0 Å². The maximum Gasteiger partial charge on any atom is 0.0751 e. The van der Waals surface area contributed by atoms with Crippen LogP contribution in [0.15, 0.2) is 0 Å². The SMILES string of the molecule is OCC1CCC(OC2CCOC3(CCOCC3)C2)CC1. The second-order valence-electron chi connectivity index (χ2n) is 6.72. The molecule has 1 aliphatic carbocycles. The van der Waals surface area contributed by atoms with Gasteiger partial charge in [-0.1, -0.05) is 0 Å². The lowest BCUT2D eigenvalue weighted by molar-refractivity contribution is -0.181. The third kappa shape index (κ3) is 3.53. The Morgan fingerprint density at radius 2 is 1.70 bits per heavy atom. The van der Waals surface area contributed by atoms with E-state index in [0.717, 1.165) is 71.2 Å². The minimum atomic E-state index is 0.0312. The summed E-state index contributed by atoms with van der Waals surface area (Å²) in [4.78, 5) is 0. The van der Waals surface area contributed by atoms with Gasteiger partial charge in [-0.15, -0.1) is 0 Å². The third-order valence-electron chi connectivity index (χ3n) is 5.29. The summed E-state index contributed by atoms with van der Waals surface area (Å²) in [6.07, 6.45) is 9.31. The second-order valence-corrected chi connectivity index (χ2v) is 6.72. The van der Waals surface area contributed by atoms with Crippen LogP contribution in [-0.4, -0.2) is 49.3 Å². The summed E-state index contributed by atoms with van der Waals surface area (Å²) in [5.41, 5.74) is 0.0312. The average Bonchev–Trinajstić information content (AvgIpc) is 2.49. The molecule has 116 valence electrons. The Kier molecular flexibility index (Phi) is 4.97. The molecule has 1 saturated carbocycles. The third-order valence-corrected chi connectivity index (χ3v) is 5.29. The van der Waals surface area contributed by atoms with Crippen molar-refractivity contribution < 1.29 is 19.3 Å². The molecule has 3 fully saturated rings. The van der Waals surface area contributed by atoms with E-state index in [-0.39, 0.29) is 5.60 Å². The van der Waals surface area contributed by atoms with Gasteiger partial charge in [0, 0.05) is 32.8 Å². The van der Waals surface area contributed by atoms with Gasteiger partial charge in [-0.25, -0.2) is 0 Å². The van der Waals surface area contributed by atoms with Gasteiger partial charge >= 0.3 is 0 Å². The van der Waals surface area contributed by atoms with Crippen LogP contribution in [-0.2, 0) is 14.2 Å². The van der Waals surface area contributed by atoms with E-state index in [0.29, 0.717) is 24.7 Å². The Morgan fingerprint density at radius 1 is 0.950 bits per heavy atom. The smallest absolute Gasteiger partial charge is 0.0751 e. The monoisotopic (exact) mass is 284 g/mol. The van der Waals surface area contributed by atoms with Gasteiger partial charge in [-0.05, 0) is 50.9 Å². The van der Waals surface area contributed by atoms with Crippen molar-refractivity contribution >= 4 is 0 Å². The molecule has 0 amide bonds. The fourth-order valence-corrected chi connectivity index (χ4v) is 3.91. The van der Waals surface area contributed by atoms with Gasteiger partial charge in [0.2, 0.25) is 0 Å². The van der Waals surface area contributed by atoms with E-state index in [4.69, 9.17) is 14.2 Å². The van der Waals surface area contributed by atoms with Crippen molar-refractivity contribution in [2.45, 2.75) is 69.2 Å². The number of hydrogen-bond acceptors (Lipinski definition) is 4. The molecule has 0 bridgehead atoms. The predicted molar refractivity (Wildman–Crippen MR) is 75.7 cm³/mol. The molecule has 4 nitrogen and oxygen atoms in total. The minimum absolute atomic E-state index is 0.0312. The molecule has 1 N–H and O–H groups in total. The Balaban J connectivity index is 1.48. The summed E-state index contributed by atoms with van der Waals surface area (Å²) in [7, 11) is 0. The van der Waals surface area contributed by atoms with Crippen LogP contribution in [0.3, 0.4) is 0 Å². The number of hydrogen-bond donors (Lipinski definition) is 1. The summed E-state index contributed by atoms with van der Waals surface area (Å²) in [6.45, 7) is 2.83. The highest BCUT2D eigenvalue weighted by molar-refractivity contribution is 4.90. The van der Waals surface area contributed by atoms with Gasteiger partial charge in [0.05, 0.1) is 17.8 Å². The Labute approximate surface area is 121 Å². The molecule has 3 rings (SSSR count). The number of aliphatic hydroxyl groups excluding tert-OH is 1. The van der Waals surface area contributed by atoms with E-state index in [1.165, 1.54) is 0 Å². The summed E-state index contributed by atoms with van der Waals surface area (Å²) >= 11 is 0. The highest BCUT2D eigenvalue weighted by Gasteiger charge is 2.40. The Morgan fingerprint density at radius 3 is 2.40 bits per heavy atom. The second kappa shape index (κ2) is 6.73. The van der Waals surface area contributed by atoms with E-state index in [2.05, 4.69) is 0 Å². The van der Waals surface area contributed by atoms with Crippen molar-refractivity contribution in [1.82, 2.24) is 0 Å². The standard InChI is InChI=1S/C16H28O4/c17-12-13-1-3-14(4-2-13)20-15-5-8-19-16(11-15)6-9-18-10-7-16/h13-15,17H,1-12H2. The van der Waals surface area contributed by atoms with Crippen molar-refractivity contribution in [2.24, 2.45) is 5.92 Å². The van der Waals surface area contributed by atoms with Crippen LogP contribution in [0.2, 0.25) is 0 Å². The van der Waals surface area contributed by atoms with Crippen molar-refractivity contribution in [3.8, 4) is 0 Å². The minimum Gasteiger partial charge on any atom is -0.396 e. The fraction of sp³-hybridized carbons (Fsp3) is 1.00. The van der Waals surface area contributed by atoms with Gasteiger partial charge in [0.15, 0.2) is 0 Å². The van der Waals surface area contributed by atoms with Crippen LogP contribution in [0, 0.1) is 5.92 Å². The molecule has 0 aromatic carbocycles. The van der Waals surface area contributed by atoms with Gasteiger partial charge in [0.25, 0.3) is 0 Å². The first kappa shape index (κ1) is 14.8. The molecule has 1 atom stereocenters. The quantitative estimate of drug-likeness (QED) is 0.864. The molecular formula is C16H28O4. The first-order valence-corrected chi connectivity index (χ1v) is 8.28. The van der Waals surface area contributed by atoms with Crippen LogP contribution in [0.1, 0.15) is 51.4 Å². The summed E-state index contributed by atoms with van der Waals surface area (Å²) < 4.78 is 17.9. The van der Waals surface area contributed by atoms with Crippen LogP contribution in [0.25, 0.3) is 0 Å². The van der Waals surface area contributed by atoms with Crippen molar-refractivity contribution in [1.29, 1.82) is 0 Å². The molecule has 0 aromatic heterocycles. The molecular weight excluding hydrogens is 256 g/mol. The zero-order chi connectivity index (χ0) is 13.8. The van der Waals surface area contributed by atoms with E-state index >= 15 is 0 Å². The Hall–Kier alpha value is -0.160. The first-order valence-electron chi connectivity index (χ1n) is 8.28. The van der Waals surface area contributed by atoms with Gasteiger partial charge < -0.3 is 19.3 Å². The molecule has 3 aliphatic rings. The zero-order valence-corrected chi connectivity index (χ0v) is 12.4. The van der Waals surface area contributed by atoms with Crippen LogP contribution >= 0.6 is 0 Å². The maximum atomic E-state index is 9.20. The highest BCUT2D eigenvalue weighted by Crippen LogP contribution is 2.37. The normalized spacial score (nSPS) is 38.0. The molecule has 2 heterocycles. The molecule has 20 heavy (non-hydrogen) atoms.